The van der Waals surface area contributed by atoms with Crippen molar-refractivity contribution in [3.63, 3.8) is 0 Å². The maximum absolute atomic E-state index is 10.6. The van der Waals surface area contributed by atoms with Crippen molar-refractivity contribution in [3.8, 4) is 0 Å². The number of hydrogen-bond donors (Lipinski definition) is 1. The maximum Gasteiger partial charge on any atom is 0.177 e. The molecule has 0 saturated carbocycles. The van der Waals surface area contributed by atoms with Gasteiger partial charge in [0.1, 0.15) is 10.1 Å². The van der Waals surface area contributed by atoms with E-state index in [-0.39, 0.29) is 0 Å². The Bertz CT molecular complexity index is 200. The molecule has 0 aromatic rings. The zero-order valence-corrected chi connectivity index (χ0v) is 7.94. The monoisotopic (exact) mass is 181 g/mol. The van der Waals surface area contributed by atoms with Crippen molar-refractivity contribution < 1.29 is 17.9 Å². The lowest BCUT2D eigenvalue weighted by atomic mass is 10.4. The summed E-state index contributed by atoms with van der Waals surface area (Å²) in [5.74, 6) is 0. The van der Waals surface area contributed by atoms with Gasteiger partial charge in [0.25, 0.3) is 0 Å². The highest BCUT2D eigenvalue weighted by atomic mass is 32.2. The second kappa shape index (κ2) is 4.04. The Hall–Kier alpha value is -0.130. The molecular formula is C6H15NO3S. The summed E-state index contributed by atoms with van der Waals surface area (Å²) < 4.78 is 31.8. The Morgan fingerprint density at radius 1 is 1.45 bits per heavy atom. The van der Waals surface area contributed by atoms with Gasteiger partial charge in [0.05, 0.1) is 13.6 Å². The minimum Gasteiger partial charge on any atom is -0.743 e. The van der Waals surface area contributed by atoms with Gasteiger partial charge in [0.2, 0.25) is 0 Å². The summed E-state index contributed by atoms with van der Waals surface area (Å²) >= 11 is 0. The highest BCUT2D eigenvalue weighted by molar-refractivity contribution is 7.86. The van der Waals surface area contributed by atoms with E-state index in [0.717, 1.165) is 4.90 Å². The molecule has 0 aromatic heterocycles. The van der Waals surface area contributed by atoms with Crippen molar-refractivity contribution in [2.24, 2.45) is 0 Å². The van der Waals surface area contributed by atoms with Crippen LogP contribution in [0.2, 0.25) is 0 Å². The fourth-order valence-corrected chi connectivity index (χ4v) is 2.09. The first-order valence-corrected chi connectivity index (χ1v) is 5.17. The Balaban J connectivity index is 4.42. The molecule has 1 N–H and O–H groups in total. The molecule has 11 heavy (non-hydrogen) atoms. The van der Waals surface area contributed by atoms with Gasteiger partial charge in [-0.05, 0) is 6.92 Å². The van der Waals surface area contributed by atoms with Crippen molar-refractivity contribution in [1.82, 2.24) is 0 Å². The quantitative estimate of drug-likeness (QED) is 0.554. The molecule has 0 radical (unpaired) electrons. The third-order valence-corrected chi connectivity index (χ3v) is 3.26. The standard InChI is InChI=1S/C6H15NO3S/c1-4-6(7(3)5-2)11(8,9)10/h6H,4-5H2,1-3H3,(H,8,9,10). The molecule has 68 valence electrons. The van der Waals surface area contributed by atoms with Crippen LogP contribution in [0.15, 0.2) is 0 Å². The summed E-state index contributed by atoms with van der Waals surface area (Å²) in [5.41, 5.74) is 0. The Kier molecular flexibility index (Phi) is 3.99. The summed E-state index contributed by atoms with van der Waals surface area (Å²) in [5, 5.41) is -0.785. The smallest absolute Gasteiger partial charge is 0.177 e. The van der Waals surface area contributed by atoms with Gasteiger partial charge in [-0.25, -0.2) is 8.42 Å². The van der Waals surface area contributed by atoms with E-state index in [4.69, 9.17) is 0 Å². The maximum atomic E-state index is 10.6. The van der Waals surface area contributed by atoms with E-state index < -0.39 is 15.5 Å². The molecule has 2 unspecified atom stereocenters. The lowest BCUT2D eigenvalue weighted by Crippen LogP contribution is -3.13. The van der Waals surface area contributed by atoms with Crippen LogP contribution in [0, 0.1) is 0 Å². The molecule has 0 aromatic carbocycles. The molecule has 4 nitrogen and oxygen atoms in total. The summed E-state index contributed by atoms with van der Waals surface area (Å²) in [7, 11) is -2.40. The van der Waals surface area contributed by atoms with Crippen LogP contribution in [0.25, 0.3) is 0 Å². The second-order valence-electron chi connectivity index (χ2n) is 2.59. The van der Waals surface area contributed by atoms with Gasteiger partial charge in [-0.15, -0.1) is 0 Å². The van der Waals surface area contributed by atoms with Gasteiger partial charge in [0, 0.05) is 6.42 Å². The Labute approximate surface area is 68.0 Å². The van der Waals surface area contributed by atoms with Crippen LogP contribution >= 0.6 is 0 Å². The third kappa shape index (κ3) is 3.18. The van der Waals surface area contributed by atoms with Gasteiger partial charge >= 0.3 is 0 Å². The van der Waals surface area contributed by atoms with E-state index in [2.05, 4.69) is 0 Å². The lowest BCUT2D eigenvalue weighted by Gasteiger charge is -2.24. The summed E-state index contributed by atoms with van der Waals surface area (Å²) in [6.45, 7) is 4.21. The van der Waals surface area contributed by atoms with Gasteiger partial charge in [-0.3, -0.25) is 0 Å². The van der Waals surface area contributed by atoms with Crippen molar-refractivity contribution in [2.75, 3.05) is 13.6 Å². The van der Waals surface area contributed by atoms with Crippen LogP contribution in [0.3, 0.4) is 0 Å². The van der Waals surface area contributed by atoms with Crippen LogP contribution < -0.4 is 4.90 Å². The molecule has 0 saturated heterocycles. The van der Waals surface area contributed by atoms with Crippen molar-refractivity contribution in [2.45, 2.75) is 25.6 Å². The van der Waals surface area contributed by atoms with Crippen molar-refractivity contribution in [3.05, 3.63) is 0 Å². The molecule has 0 rings (SSSR count). The van der Waals surface area contributed by atoms with Crippen LogP contribution in [-0.4, -0.2) is 31.9 Å². The Morgan fingerprint density at radius 2 is 1.91 bits per heavy atom. The third-order valence-electron chi connectivity index (χ3n) is 1.83. The number of nitrogens with one attached hydrogen (secondary N) is 1. The fourth-order valence-electron chi connectivity index (χ4n) is 1.03. The van der Waals surface area contributed by atoms with E-state index >= 15 is 0 Å². The molecule has 0 heterocycles. The first kappa shape index (κ1) is 10.9. The Morgan fingerprint density at radius 3 is 2.00 bits per heavy atom. The van der Waals surface area contributed by atoms with E-state index in [0.29, 0.717) is 13.0 Å². The minimum atomic E-state index is -4.11. The topological polar surface area (TPSA) is 61.6 Å². The average molecular weight is 181 g/mol. The molecule has 0 bridgehead atoms. The van der Waals surface area contributed by atoms with E-state index in [1.54, 1.807) is 14.0 Å². The molecule has 0 aliphatic rings. The molecule has 0 spiro atoms. The summed E-state index contributed by atoms with van der Waals surface area (Å²) in [6, 6.07) is 0. The fraction of sp³-hybridized carbons (Fsp3) is 1.00. The minimum absolute atomic E-state index is 0.380. The van der Waals surface area contributed by atoms with Crippen LogP contribution in [0.1, 0.15) is 20.3 Å². The van der Waals surface area contributed by atoms with Crippen LogP contribution in [0.4, 0.5) is 0 Å². The SMILES string of the molecule is CCC([NH+](C)CC)S(=O)(=O)[O-]. The number of quaternary nitrogens is 1. The molecular weight excluding hydrogens is 166 g/mol. The molecule has 2 atom stereocenters. The zero-order valence-electron chi connectivity index (χ0n) is 7.12. The van der Waals surface area contributed by atoms with Gasteiger partial charge in [-0.1, -0.05) is 6.92 Å². The van der Waals surface area contributed by atoms with E-state index in [1.807, 2.05) is 6.92 Å². The molecule has 0 fully saturated rings. The predicted molar refractivity (Wildman–Crippen MR) is 41.2 cm³/mol. The largest absolute Gasteiger partial charge is 0.743 e. The first-order valence-electron chi connectivity index (χ1n) is 3.70. The first-order chi connectivity index (χ1) is 4.93. The van der Waals surface area contributed by atoms with Crippen molar-refractivity contribution in [1.29, 1.82) is 0 Å². The molecule has 5 heteroatoms. The second-order valence-corrected chi connectivity index (χ2v) is 4.14. The number of rotatable bonds is 4. The van der Waals surface area contributed by atoms with Crippen LogP contribution in [0.5, 0.6) is 0 Å². The summed E-state index contributed by atoms with van der Waals surface area (Å²) in [6.07, 6.45) is 0.380. The highest BCUT2D eigenvalue weighted by Crippen LogP contribution is 1.93. The zero-order chi connectivity index (χ0) is 9.07. The predicted octanol–water partition coefficient (Wildman–Crippen LogP) is -1.20. The van der Waals surface area contributed by atoms with E-state index in [9.17, 15) is 13.0 Å². The van der Waals surface area contributed by atoms with Crippen molar-refractivity contribution >= 4 is 10.1 Å². The van der Waals surface area contributed by atoms with Gasteiger partial charge < -0.3 is 9.45 Å². The highest BCUT2D eigenvalue weighted by Gasteiger charge is 2.21. The molecule has 0 amide bonds. The normalized spacial score (nSPS) is 17.8. The molecule has 0 aliphatic carbocycles. The van der Waals surface area contributed by atoms with Gasteiger partial charge in [0.15, 0.2) is 5.37 Å². The van der Waals surface area contributed by atoms with E-state index in [1.165, 1.54) is 0 Å². The number of hydrogen-bond acceptors (Lipinski definition) is 3. The summed E-state index contributed by atoms with van der Waals surface area (Å²) in [4.78, 5) is 0.752. The molecule has 0 aliphatic heterocycles. The average Bonchev–Trinajstić information content (AvgIpc) is 1.86. The lowest BCUT2D eigenvalue weighted by molar-refractivity contribution is -0.889. The van der Waals surface area contributed by atoms with Crippen LogP contribution in [-0.2, 0) is 10.1 Å². The van der Waals surface area contributed by atoms with Gasteiger partial charge in [-0.2, -0.15) is 0 Å².